The highest BCUT2D eigenvalue weighted by molar-refractivity contribution is 6.10. The van der Waals surface area contributed by atoms with Crippen LogP contribution in [0.25, 0.3) is 0 Å². The molecule has 0 saturated carbocycles. The molecule has 0 bridgehead atoms. The van der Waals surface area contributed by atoms with E-state index < -0.39 is 0 Å². The van der Waals surface area contributed by atoms with Crippen LogP contribution in [-0.2, 0) is 0 Å². The molecule has 0 heterocycles. The molecule has 0 unspecified atom stereocenters. The topological polar surface area (TPSA) is 17.1 Å². The van der Waals surface area contributed by atoms with Gasteiger partial charge in [-0.05, 0) is 6.92 Å². The number of rotatable bonds is 4. The Balaban J connectivity index is 0. The van der Waals surface area contributed by atoms with Crippen molar-refractivity contribution >= 4 is 5.78 Å². The molecular weight excluding hydrogens is 244 g/mol. The molecule has 0 atom stereocenters. The molecule has 0 aromatic heterocycles. The predicted octanol–water partition coefficient (Wildman–Crippen LogP) is 6.00. The Morgan fingerprint density at radius 2 is 1.65 bits per heavy atom. The number of Topliss-reactive ketones (excluding diaryl/α,β-unsaturated/α-hetero) is 1. The molecule has 0 amide bonds. The first-order valence-electron chi connectivity index (χ1n) is 7.26. The normalized spacial score (nSPS) is 9.95. The van der Waals surface area contributed by atoms with Gasteiger partial charge in [-0.3, -0.25) is 4.79 Å². The summed E-state index contributed by atoms with van der Waals surface area (Å²) in [5, 5.41) is 0. The molecule has 1 heteroatoms. The van der Waals surface area contributed by atoms with Crippen molar-refractivity contribution in [3.05, 3.63) is 72.4 Å². The highest BCUT2D eigenvalue weighted by Crippen LogP contribution is 2.09. The van der Waals surface area contributed by atoms with E-state index >= 15 is 0 Å². The van der Waals surface area contributed by atoms with Gasteiger partial charge in [0.05, 0.1) is 0 Å². The fourth-order valence-corrected chi connectivity index (χ4v) is 1.27. The fraction of sp³-hybridized carbons (Fsp3) is 0.316. The third-order valence-corrected chi connectivity index (χ3v) is 1.94. The summed E-state index contributed by atoms with van der Waals surface area (Å²) in [6, 6.07) is 9.22. The lowest BCUT2D eigenvalue weighted by molar-refractivity contribution is 0.103. The molecule has 0 radical (unpaired) electrons. The van der Waals surface area contributed by atoms with Gasteiger partial charge in [-0.15, -0.1) is 0 Å². The molecule has 0 aliphatic rings. The van der Waals surface area contributed by atoms with Crippen LogP contribution < -0.4 is 0 Å². The summed E-state index contributed by atoms with van der Waals surface area (Å²) in [5.74, 6) is 0.0219. The Kier molecular flexibility index (Phi) is 15.5. The van der Waals surface area contributed by atoms with E-state index in [1.807, 2.05) is 57.2 Å². The number of carbonyl (C=O) groups excluding carboxylic acids is 1. The molecule has 0 spiro atoms. The SMILES string of the molecule is C=C/C=C(\C=C/C)C(=O)c1ccccc1.CC.CCC. The number of ketones is 1. The van der Waals surface area contributed by atoms with Gasteiger partial charge in [0, 0.05) is 11.1 Å². The number of hydrogen-bond acceptors (Lipinski definition) is 1. The summed E-state index contributed by atoms with van der Waals surface area (Å²) >= 11 is 0. The van der Waals surface area contributed by atoms with Crippen LogP contribution in [0, 0.1) is 0 Å². The van der Waals surface area contributed by atoms with Crippen LogP contribution >= 0.6 is 0 Å². The van der Waals surface area contributed by atoms with Crippen LogP contribution in [0.1, 0.15) is 51.4 Å². The molecule has 1 aromatic carbocycles. The van der Waals surface area contributed by atoms with Crippen molar-refractivity contribution in [3.63, 3.8) is 0 Å². The van der Waals surface area contributed by atoms with Crippen molar-refractivity contribution < 1.29 is 4.79 Å². The molecule has 1 rings (SSSR count). The molecule has 0 aliphatic heterocycles. The van der Waals surface area contributed by atoms with Crippen LogP contribution in [0.3, 0.4) is 0 Å². The molecular formula is C19H28O. The van der Waals surface area contributed by atoms with Crippen LogP contribution in [0.2, 0.25) is 0 Å². The van der Waals surface area contributed by atoms with E-state index in [0.29, 0.717) is 11.1 Å². The predicted molar refractivity (Wildman–Crippen MR) is 91.2 cm³/mol. The fourth-order valence-electron chi connectivity index (χ4n) is 1.27. The van der Waals surface area contributed by atoms with Gasteiger partial charge < -0.3 is 0 Å². The Hall–Kier alpha value is -1.89. The molecule has 110 valence electrons. The maximum absolute atomic E-state index is 12.0. The summed E-state index contributed by atoms with van der Waals surface area (Å²) in [5.41, 5.74) is 1.35. The van der Waals surface area contributed by atoms with E-state index in [2.05, 4.69) is 20.4 Å². The van der Waals surface area contributed by atoms with Gasteiger partial charge in [0.1, 0.15) is 0 Å². The zero-order chi connectivity index (χ0) is 15.8. The smallest absolute Gasteiger partial charge is 0.193 e. The lowest BCUT2D eigenvalue weighted by Crippen LogP contribution is -2.00. The molecule has 0 aliphatic carbocycles. The molecule has 0 N–H and O–H groups in total. The molecule has 20 heavy (non-hydrogen) atoms. The second kappa shape index (κ2) is 15.2. The van der Waals surface area contributed by atoms with Crippen LogP contribution in [-0.4, -0.2) is 5.78 Å². The van der Waals surface area contributed by atoms with Gasteiger partial charge >= 0.3 is 0 Å². The summed E-state index contributed by atoms with van der Waals surface area (Å²) in [6.07, 6.45) is 8.22. The van der Waals surface area contributed by atoms with E-state index in [9.17, 15) is 4.79 Å². The van der Waals surface area contributed by atoms with Gasteiger partial charge in [0.15, 0.2) is 5.78 Å². The van der Waals surface area contributed by atoms with Crippen molar-refractivity contribution in [2.75, 3.05) is 0 Å². The maximum atomic E-state index is 12.0. The largest absolute Gasteiger partial charge is 0.289 e. The zero-order valence-corrected chi connectivity index (χ0v) is 13.5. The third-order valence-electron chi connectivity index (χ3n) is 1.94. The van der Waals surface area contributed by atoms with Crippen LogP contribution in [0.15, 0.2) is 66.8 Å². The second-order valence-electron chi connectivity index (χ2n) is 3.76. The highest BCUT2D eigenvalue weighted by Gasteiger charge is 2.07. The average molecular weight is 272 g/mol. The molecule has 0 saturated heterocycles. The van der Waals surface area contributed by atoms with Crippen molar-refractivity contribution in [1.29, 1.82) is 0 Å². The van der Waals surface area contributed by atoms with Crippen LogP contribution in [0.5, 0.6) is 0 Å². The Morgan fingerprint density at radius 1 is 1.15 bits per heavy atom. The first kappa shape index (κ1) is 20.4. The minimum atomic E-state index is 0.0219. The van der Waals surface area contributed by atoms with E-state index in [0.717, 1.165) is 0 Å². The Bertz CT molecular complexity index is 411. The quantitative estimate of drug-likeness (QED) is 0.373. The van der Waals surface area contributed by atoms with Crippen molar-refractivity contribution in [2.45, 2.75) is 41.0 Å². The molecule has 1 nitrogen and oxygen atoms in total. The first-order chi connectivity index (χ1) is 9.71. The second-order valence-corrected chi connectivity index (χ2v) is 3.76. The van der Waals surface area contributed by atoms with Crippen molar-refractivity contribution in [3.8, 4) is 0 Å². The summed E-state index contributed by atoms with van der Waals surface area (Å²) < 4.78 is 0. The monoisotopic (exact) mass is 272 g/mol. The summed E-state index contributed by atoms with van der Waals surface area (Å²) in [6.45, 7) is 13.7. The minimum Gasteiger partial charge on any atom is -0.289 e. The van der Waals surface area contributed by atoms with Gasteiger partial charge in [-0.1, -0.05) is 95.3 Å². The number of carbonyl (C=O) groups is 1. The van der Waals surface area contributed by atoms with E-state index in [1.165, 1.54) is 6.42 Å². The highest BCUT2D eigenvalue weighted by atomic mass is 16.1. The zero-order valence-electron chi connectivity index (χ0n) is 13.5. The summed E-state index contributed by atoms with van der Waals surface area (Å²) in [4.78, 5) is 12.0. The lowest BCUT2D eigenvalue weighted by atomic mass is 10.0. The number of hydrogen-bond donors (Lipinski definition) is 0. The van der Waals surface area contributed by atoms with E-state index in [1.54, 1.807) is 18.2 Å². The van der Waals surface area contributed by atoms with Gasteiger partial charge in [0.25, 0.3) is 0 Å². The van der Waals surface area contributed by atoms with Gasteiger partial charge in [-0.25, -0.2) is 0 Å². The van der Waals surface area contributed by atoms with Crippen LogP contribution in [0.4, 0.5) is 0 Å². The number of allylic oxidation sites excluding steroid dienone is 5. The average Bonchev–Trinajstić information content (AvgIpc) is 2.50. The van der Waals surface area contributed by atoms with Gasteiger partial charge in [0.2, 0.25) is 0 Å². The maximum Gasteiger partial charge on any atom is 0.193 e. The standard InChI is InChI=1S/C14H14O.C3H8.C2H6/c1-3-8-12(9-4-2)14(15)13-10-6-5-7-11-13;1-3-2;1-2/h3-11H,1H2,2H3;3H2,1-2H3;1-2H3/b9-4-,12-8+;;. The van der Waals surface area contributed by atoms with Gasteiger partial charge in [-0.2, -0.15) is 0 Å². The third kappa shape index (κ3) is 9.09. The Labute approximate surface area is 124 Å². The van der Waals surface area contributed by atoms with E-state index in [-0.39, 0.29) is 5.78 Å². The Morgan fingerprint density at radius 3 is 2.05 bits per heavy atom. The van der Waals surface area contributed by atoms with Crippen molar-refractivity contribution in [2.24, 2.45) is 0 Å². The molecule has 1 aromatic rings. The summed E-state index contributed by atoms with van der Waals surface area (Å²) in [7, 11) is 0. The minimum absolute atomic E-state index is 0.0219. The lowest BCUT2D eigenvalue weighted by Gasteiger charge is -2.00. The molecule has 0 fully saturated rings. The van der Waals surface area contributed by atoms with Crippen molar-refractivity contribution in [1.82, 2.24) is 0 Å². The first-order valence-corrected chi connectivity index (χ1v) is 7.26. The van der Waals surface area contributed by atoms with E-state index in [4.69, 9.17) is 0 Å². The number of benzene rings is 1.